The van der Waals surface area contributed by atoms with Crippen LogP contribution in [0.3, 0.4) is 0 Å². The van der Waals surface area contributed by atoms with E-state index in [9.17, 15) is 0 Å². The van der Waals surface area contributed by atoms with E-state index in [4.69, 9.17) is 23.2 Å². The van der Waals surface area contributed by atoms with E-state index in [0.717, 1.165) is 46.0 Å². The molecule has 0 amide bonds. The van der Waals surface area contributed by atoms with Gasteiger partial charge in [-0.25, -0.2) is 4.98 Å². The maximum atomic E-state index is 6.28. The fraction of sp³-hybridized carbons (Fsp3) is 0.500. The first-order valence-electron chi connectivity index (χ1n) is 6.83. The van der Waals surface area contributed by atoms with Crippen molar-refractivity contribution in [3.63, 3.8) is 0 Å². The van der Waals surface area contributed by atoms with Crippen LogP contribution in [-0.4, -0.2) is 16.1 Å². The summed E-state index contributed by atoms with van der Waals surface area (Å²) in [5, 5.41) is 3.47. The molecular formula is C14H19Cl2N3S. The van der Waals surface area contributed by atoms with Crippen LogP contribution in [0.5, 0.6) is 0 Å². The van der Waals surface area contributed by atoms with E-state index in [0.29, 0.717) is 0 Å². The Balaban J connectivity index is 2.21. The third kappa shape index (κ3) is 3.76. The summed E-state index contributed by atoms with van der Waals surface area (Å²) < 4.78 is 3.69. The molecule has 1 unspecified atom stereocenters. The highest BCUT2D eigenvalue weighted by atomic mass is 35.5. The van der Waals surface area contributed by atoms with Crippen LogP contribution >= 0.6 is 34.5 Å². The van der Waals surface area contributed by atoms with E-state index in [-0.39, 0.29) is 6.04 Å². The Morgan fingerprint density at radius 3 is 2.80 bits per heavy atom. The van der Waals surface area contributed by atoms with Crippen molar-refractivity contribution in [1.29, 1.82) is 0 Å². The van der Waals surface area contributed by atoms with Gasteiger partial charge >= 0.3 is 0 Å². The quantitative estimate of drug-likeness (QED) is 0.806. The van der Waals surface area contributed by atoms with Crippen LogP contribution in [-0.2, 0) is 13.0 Å². The van der Waals surface area contributed by atoms with E-state index in [1.54, 1.807) is 0 Å². The van der Waals surface area contributed by atoms with Gasteiger partial charge in [0.2, 0.25) is 0 Å². The number of halogens is 2. The number of thiophene rings is 1. The molecule has 0 aliphatic heterocycles. The predicted molar refractivity (Wildman–Crippen MR) is 87.0 cm³/mol. The second-order valence-corrected chi connectivity index (χ2v) is 6.92. The second-order valence-electron chi connectivity index (χ2n) is 4.63. The molecule has 2 aromatic rings. The van der Waals surface area contributed by atoms with Gasteiger partial charge in [-0.2, -0.15) is 0 Å². The molecule has 20 heavy (non-hydrogen) atoms. The molecule has 3 nitrogen and oxygen atoms in total. The fourth-order valence-corrected chi connectivity index (χ4v) is 3.87. The summed E-state index contributed by atoms with van der Waals surface area (Å²) in [5.41, 5.74) is 1.06. The first-order valence-corrected chi connectivity index (χ1v) is 8.41. The average Bonchev–Trinajstić information content (AvgIpc) is 2.96. The summed E-state index contributed by atoms with van der Waals surface area (Å²) in [4.78, 5) is 4.47. The van der Waals surface area contributed by atoms with Crippen LogP contribution in [0.1, 0.15) is 37.7 Å². The standard InChI is InChI=1S/C14H19Cl2N3S/c1-3-6-19-7-5-18-13(19)9-11(17-4-2)10-8-12(15)20-14(10)16/h5,7-8,11,17H,3-4,6,9H2,1-2H3. The Kier molecular flexibility index (Phi) is 5.90. The highest BCUT2D eigenvalue weighted by molar-refractivity contribution is 7.20. The summed E-state index contributed by atoms with van der Waals surface area (Å²) in [7, 11) is 0. The van der Waals surface area contributed by atoms with Crippen molar-refractivity contribution in [2.75, 3.05) is 6.54 Å². The molecule has 0 aliphatic rings. The Morgan fingerprint density at radius 1 is 1.40 bits per heavy atom. The largest absolute Gasteiger partial charge is 0.335 e. The van der Waals surface area contributed by atoms with Crippen molar-refractivity contribution in [3.05, 3.63) is 38.5 Å². The highest BCUT2D eigenvalue weighted by Crippen LogP contribution is 2.36. The molecule has 0 spiro atoms. The molecule has 110 valence electrons. The number of nitrogens with one attached hydrogen (secondary N) is 1. The van der Waals surface area contributed by atoms with Crippen LogP contribution in [0.25, 0.3) is 0 Å². The third-order valence-corrected chi connectivity index (χ3v) is 4.68. The Labute approximate surface area is 133 Å². The van der Waals surface area contributed by atoms with Crippen LogP contribution in [0.2, 0.25) is 8.67 Å². The number of likely N-dealkylation sites (N-methyl/N-ethyl adjacent to an activating group) is 1. The molecule has 2 rings (SSSR count). The molecule has 0 aromatic carbocycles. The summed E-state index contributed by atoms with van der Waals surface area (Å²) in [6, 6.07) is 2.10. The average molecular weight is 332 g/mol. The molecule has 1 N–H and O–H groups in total. The monoisotopic (exact) mass is 331 g/mol. The molecule has 0 fully saturated rings. The summed E-state index contributed by atoms with van der Waals surface area (Å²) in [5.74, 6) is 1.08. The molecule has 6 heteroatoms. The zero-order valence-corrected chi connectivity index (χ0v) is 14.0. The van der Waals surface area contributed by atoms with Gasteiger partial charge in [-0.05, 0) is 19.0 Å². The van der Waals surface area contributed by atoms with Crippen molar-refractivity contribution >= 4 is 34.5 Å². The molecule has 0 saturated heterocycles. The van der Waals surface area contributed by atoms with Gasteiger partial charge in [-0.1, -0.05) is 37.0 Å². The van der Waals surface area contributed by atoms with Gasteiger partial charge in [0, 0.05) is 37.0 Å². The number of aromatic nitrogens is 2. The normalized spacial score (nSPS) is 12.8. The Hall–Kier alpha value is -0.550. The first-order chi connectivity index (χ1) is 9.65. The molecule has 0 aliphatic carbocycles. The Bertz CT molecular complexity index is 550. The van der Waals surface area contributed by atoms with E-state index >= 15 is 0 Å². The summed E-state index contributed by atoms with van der Waals surface area (Å²) in [6.07, 6.45) is 5.80. The molecule has 0 bridgehead atoms. The van der Waals surface area contributed by atoms with Crippen molar-refractivity contribution in [2.24, 2.45) is 0 Å². The fourth-order valence-electron chi connectivity index (χ4n) is 2.29. The number of hydrogen-bond acceptors (Lipinski definition) is 3. The van der Waals surface area contributed by atoms with Gasteiger partial charge in [0.25, 0.3) is 0 Å². The number of nitrogens with zero attached hydrogens (tertiary/aromatic N) is 2. The van der Waals surface area contributed by atoms with E-state index in [1.807, 2.05) is 18.5 Å². The number of imidazole rings is 1. The van der Waals surface area contributed by atoms with Gasteiger partial charge in [0.1, 0.15) is 5.82 Å². The lowest BCUT2D eigenvalue weighted by Gasteiger charge is -2.18. The van der Waals surface area contributed by atoms with Gasteiger partial charge < -0.3 is 9.88 Å². The van der Waals surface area contributed by atoms with Crippen LogP contribution in [0.4, 0.5) is 0 Å². The number of rotatable bonds is 7. The smallest absolute Gasteiger partial charge is 0.110 e. The van der Waals surface area contributed by atoms with E-state index < -0.39 is 0 Å². The third-order valence-electron chi connectivity index (χ3n) is 3.16. The number of hydrogen-bond donors (Lipinski definition) is 1. The van der Waals surface area contributed by atoms with Crippen LogP contribution in [0, 0.1) is 0 Å². The molecule has 0 saturated carbocycles. The van der Waals surface area contributed by atoms with Crippen molar-refractivity contribution in [2.45, 2.75) is 39.3 Å². The minimum Gasteiger partial charge on any atom is -0.335 e. The second kappa shape index (κ2) is 7.46. The minimum absolute atomic E-state index is 0.147. The molecular weight excluding hydrogens is 313 g/mol. The molecule has 2 aromatic heterocycles. The van der Waals surface area contributed by atoms with Crippen molar-refractivity contribution in [1.82, 2.24) is 14.9 Å². The molecule has 2 heterocycles. The lowest BCUT2D eigenvalue weighted by molar-refractivity contribution is 0.517. The van der Waals surface area contributed by atoms with Gasteiger partial charge in [-0.3, -0.25) is 0 Å². The number of aryl methyl sites for hydroxylation is 1. The first kappa shape index (κ1) is 15.8. The van der Waals surface area contributed by atoms with Gasteiger partial charge in [-0.15, -0.1) is 11.3 Å². The van der Waals surface area contributed by atoms with Crippen LogP contribution in [0.15, 0.2) is 18.5 Å². The zero-order chi connectivity index (χ0) is 14.5. The SMILES string of the molecule is CCCn1ccnc1CC(NCC)c1cc(Cl)sc1Cl. The van der Waals surface area contributed by atoms with Gasteiger partial charge in [0.05, 0.1) is 8.67 Å². The lowest BCUT2D eigenvalue weighted by Crippen LogP contribution is -2.24. The maximum Gasteiger partial charge on any atom is 0.110 e. The molecule has 0 radical (unpaired) electrons. The minimum atomic E-state index is 0.147. The highest BCUT2D eigenvalue weighted by Gasteiger charge is 2.19. The van der Waals surface area contributed by atoms with Crippen LogP contribution < -0.4 is 5.32 Å². The zero-order valence-electron chi connectivity index (χ0n) is 11.7. The van der Waals surface area contributed by atoms with Gasteiger partial charge in [0.15, 0.2) is 0 Å². The summed E-state index contributed by atoms with van der Waals surface area (Å²) in [6.45, 7) is 6.13. The maximum absolute atomic E-state index is 6.28. The lowest BCUT2D eigenvalue weighted by atomic mass is 10.1. The Morgan fingerprint density at radius 2 is 2.20 bits per heavy atom. The van der Waals surface area contributed by atoms with E-state index in [1.165, 1.54) is 11.3 Å². The molecule has 1 atom stereocenters. The van der Waals surface area contributed by atoms with E-state index in [2.05, 4.69) is 28.7 Å². The topological polar surface area (TPSA) is 29.9 Å². The summed E-state index contributed by atoms with van der Waals surface area (Å²) >= 11 is 13.8. The van der Waals surface area contributed by atoms with Crippen molar-refractivity contribution in [3.8, 4) is 0 Å². The predicted octanol–water partition coefficient (Wildman–Crippen LogP) is 4.55. The van der Waals surface area contributed by atoms with Crippen molar-refractivity contribution < 1.29 is 0 Å².